The molecule has 0 nitrogen and oxygen atoms in total. The summed E-state index contributed by atoms with van der Waals surface area (Å²) in [5.74, 6) is 0. The van der Waals surface area contributed by atoms with Crippen molar-refractivity contribution < 1.29 is 8.78 Å². The lowest BCUT2D eigenvalue weighted by molar-refractivity contribution is 0.619. The van der Waals surface area contributed by atoms with Gasteiger partial charge in [-0.25, -0.2) is 0 Å². The highest BCUT2D eigenvalue weighted by Crippen LogP contribution is 2.13. The SMILES string of the molecule is F/C(S)=C(\F)S. The molecule has 0 saturated heterocycles. The third kappa shape index (κ3) is 2.53. The van der Waals surface area contributed by atoms with Crippen molar-refractivity contribution in [3.05, 3.63) is 10.3 Å². The minimum atomic E-state index is -1.18. The van der Waals surface area contributed by atoms with Crippen molar-refractivity contribution in [3.8, 4) is 0 Å². The van der Waals surface area contributed by atoms with Crippen LogP contribution in [-0.4, -0.2) is 0 Å². The zero-order valence-electron chi connectivity index (χ0n) is 2.65. The molecule has 0 aromatic rings. The Bertz CT molecular complexity index is 59.6. The maximum Gasteiger partial charge on any atom is 0.195 e. The molecule has 36 valence electrons. The van der Waals surface area contributed by atoms with E-state index in [9.17, 15) is 8.78 Å². The Morgan fingerprint density at radius 3 is 1.17 bits per heavy atom. The van der Waals surface area contributed by atoms with Crippen LogP contribution in [0.3, 0.4) is 0 Å². The number of halogens is 2. The van der Waals surface area contributed by atoms with E-state index >= 15 is 0 Å². The average Bonchev–Trinajstić information content (AvgIpc) is 1.36. The van der Waals surface area contributed by atoms with Gasteiger partial charge in [-0.1, -0.05) is 0 Å². The number of hydrogen-bond donors (Lipinski definition) is 2. The molecule has 0 atom stereocenters. The molecule has 0 bridgehead atoms. The Morgan fingerprint density at radius 2 is 1.17 bits per heavy atom. The number of rotatable bonds is 0. The van der Waals surface area contributed by atoms with Gasteiger partial charge in [0.25, 0.3) is 0 Å². The molecule has 6 heavy (non-hydrogen) atoms. The van der Waals surface area contributed by atoms with Crippen molar-refractivity contribution >= 4 is 25.3 Å². The van der Waals surface area contributed by atoms with Crippen LogP contribution in [0, 0.1) is 0 Å². The van der Waals surface area contributed by atoms with Crippen LogP contribution in [0.15, 0.2) is 10.3 Å². The maximum absolute atomic E-state index is 11.1. The van der Waals surface area contributed by atoms with Crippen LogP contribution in [0.2, 0.25) is 0 Å². The fourth-order valence-corrected chi connectivity index (χ4v) is 0. The van der Waals surface area contributed by atoms with E-state index in [1.165, 1.54) is 0 Å². The third-order valence-corrected chi connectivity index (χ3v) is 0.739. The van der Waals surface area contributed by atoms with Gasteiger partial charge in [0.05, 0.1) is 0 Å². The molecule has 0 heterocycles. The number of thiol groups is 2. The maximum atomic E-state index is 11.1. The highest BCUT2D eigenvalue weighted by molar-refractivity contribution is 7.88. The molecule has 0 aliphatic rings. The van der Waals surface area contributed by atoms with Crippen LogP contribution < -0.4 is 0 Å². The van der Waals surface area contributed by atoms with Gasteiger partial charge in [0, 0.05) is 0 Å². The van der Waals surface area contributed by atoms with Crippen molar-refractivity contribution in [1.82, 2.24) is 0 Å². The van der Waals surface area contributed by atoms with E-state index in [0.29, 0.717) is 0 Å². The van der Waals surface area contributed by atoms with Gasteiger partial charge in [0.2, 0.25) is 0 Å². The highest BCUT2D eigenvalue weighted by atomic mass is 32.1. The van der Waals surface area contributed by atoms with Crippen molar-refractivity contribution in [2.24, 2.45) is 0 Å². The van der Waals surface area contributed by atoms with Gasteiger partial charge in [0.1, 0.15) is 0 Å². The minimum absolute atomic E-state index is 1.18. The van der Waals surface area contributed by atoms with Crippen LogP contribution in [0.4, 0.5) is 8.78 Å². The monoisotopic (exact) mass is 128 g/mol. The zero-order valence-corrected chi connectivity index (χ0v) is 4.44. The first-order valence-electron chi connectivity index (χ1n) is 1.08. The smallest absolute Gasteiger partial charge is 0.195 e. The lowest BCUT2D eigenvalue weighted by Gasteiger charge is -1.76. The van der Waals surface area contributed by atoms with Crippen molar-refractivity contribution in [3.63, 3.8) is 0 Å². The van der Waals surface area contributed by atoms with Gasteiger partial charge in [-0.3, -0.25) is 0 Å². The molecule has 0 unspecified atom stereocenters. The third-order valence-electron chi connectivity index (χ3n) is 0.170. The molecule has 0 N–H and O–H groups in total. The topological polar surface area (TPSA) is 0 Å². The fraction of sp³-hybridized carbons (Fsp3) is 0. The molecule has 0 amide bonds. The predicted molar refractivity (Wildman–Crippen MR) is 27.2 cm³/mol. The Hall–Kier alpha value is 0.300. The summed E-state index contributed by atoms with van der Waals surface area (Å²) in [5.41, 5.74) is 0. The molecule has 0 spiro atoms. The second-order valence-electron chi connectivity index (χ2n) is 0.582. The predicted octanol–water partition coefficient (Wildman–Crippen LogP) is 1.91. The molecule has 0 fully saturated rings. The van der Waals surface area contributed by atoms with E-state index in [2.05, 4.69) is 25.3 Å². The molecule has 0 aliphatic heterocycles. The Balaban J connectivity index is 3.68. The van der Waals surface area contributed by atoms with E-state index in [1.807, 2.05) is 0 Å². The van der Waals surface area contributed by atoms with Crippen molar-refractivity contribution in [1.29, 1.82) is 0 Å². The van der Waals surface area contributed by atoms with Crippen LogP contribution in [-0.2, 0) is 0 Å². The minimum Gasteiger partial charge on any atom is -0.196 e. The first kappa shape index (κ1) is 6.30. The summed E-state index contributed by atoms with van der Waals surface area (Å²) in [6.07, 6.45) is 0. The first-order valence-corrected chi connectivity index (χ1v) is 1.97. The van der Waals surface area contributed by atoms with Gasteiger partial charge in [0.15, 0.2) is 10.3 Å². The average molecular weight is 128 g/mol. The molecule has 0 rings (SSSR count). The number of hydrogen-bond acceptors (Lipinski definition) is 2. The summed E-state index contributed by atoms with van der Waals surface area (Å²) in [4.78, 5) is 0. The second-order valence-corrected chi connectivity index (χ2v) is 1.37. The van der Waals surface area contributed by atoms with Crippen molar-refractivity contribution in [2.75, 3.05) is 0 Å². The van der Waals surface area contributed by atoms with E-state index in [-0.39, 0.29) is 0 Å². The van der Waals surface area contributed by atoms with Crippen LogP contribution in [0.5, 0.6) is 0 Å². The lowest BCUT2D eigenvalue weighted by Crippen LogP contribution is -1.52. The van der Waals surface area contributed by atoms with Crippen LogP contribution in [0.1, 0.15) is 0 Å². The normalized spacial score (nSPS) is 14.0. The highest BCUT2D eigenvalue weighted by Gasteiger charge is 1.89. The van der Waals surface area contributed by atoms with E-state index in [1.54, 1.807) is 0 Å². The summed E-state index contributed by atoms with van der Waals surface area (Å²) >= 11 is 5.91. The Labute approximate surface area is 45.1 Å². The Kier molecular flexibility index (Phi) is 2.59. The molecule has 0 aromatic heterocycles. The largest absolute Gasteiger partial charge is 0.196 e. The van der Waals surface area contributed by atoms with Gasteiger partial charge in [-0.2, -0.15) is 8.78 Å². The van der Waals surface area contributed by atoms with Crippen LogP contribution >= 0.6 is 25.3 Å². The van der Waals surface area contributed by atoms with Crippen LogP contribution in [0.25, 0.3) is 0 Å². The molecule has 0 radical (unpaired) electrons. The van der Waals surface area contributed by atoms with E-state index in [0.717, 1.165) is 0 Å². The lowest BCUT2D eigenvalue weighted by atomic mass is 11.1. The summed E-state index contributed by atoms with van der Waals surface area (Å²) in [6, 6.07) is 0. The molecular weight excluding hydrogens is 126 g/mol. The summed E-state index contributed by atoms with van der Waals surface area (Å²) in [7, 11) is 0. The van der Waals surface area contributed by atoms with Gasteiger partial charge in [-0.15, -0.1) is 25.3 Å². The zero-order chi connectivity index (χ0) is 5.15. The van der Waals surface area contributed by atoms with Gasteiger partial charge in [-0.05, 0) is 0 Å². The van der Waals surface area contributed by atoms with Gasteiger partial charge >= 0.3 is 0 Å². The van der Waals surface area contributed by atoms with Crippen molar-refractivity contribution in [2.45, 2.75) is 0 Å². The fourth-order valence-electron chi connectivity index (χ4n) is 0. The molecular formula is C2H2F2S2. The summed E-state index contributed by atoms with van der Waals surface area (Å²) in [5, 5.41) is -2.36. The molecule has 0 aromatic carbocycles. The summed E-state index contributed by atoms with van der Waals surface area (Å²) in [6.45, 7) is 0. The van der Waals surface area contributed by atoms with E-state index < -0.39 is 10.3 Å². The molecule has 4 heteroatoms. The molecule has 0 saturated carbocycles. The standard InChI is InChI=1S/C2H2F2S2/c3-1(5)2(4)6/h5-6H/b2-1-. The Morgan fingerprint density at radius 1 is 1.00 bits per heavy atom. The van der Waals surface area contributed by atoms with Gasteiger partial charge < -0.3 is 0 Å². The second kappa shape index (κ2) is 2.47. The summed E-state index contributed by atoms with van der Waals surface area (Å²) < 4.78 is 22.2. The van der Waals surface area contributed by atoms with E-state index in [4.69, 9.17) is 0 Å². The molecule has 0 aliphatic carbocycles. The quantitative estimate of drug-likeness (QED) is 0.457. The first-order chi connectivity index (χ1) is 2.64.